The van der Waals surface area contributed by atoms with E-state index in [9.17, 15) is 13.2 Å². The van der Waals surface area contributed by atoms with Crippen LogP contribution in [-0.2, 0) is 10.0 Å². The van der Waals surface area contributed by atoms with Crippen molar-refractivity contribution < 1.29 is 13.2 Å². The Morgan fingerprint density at radius 1 is 1.15 bits per heavy atom. The summed E-state index contributed by atoms with van der Waals surface area (Å²) in [4.78, 5) is 12.6. The Balaban J connectivity index is 1.99. The summed E-state index contributed by atoms with van der Waals surface area (Å²) in [5, 5.41) is 9.59. The van der Waals surface area contributed by atoms with Crippen molar-refractivity contribution in [3.05, 3.63) is 65.4 Å². The van der Waals surface area contributed by atoms with Crippen LogP contribution in [-0.4, -0.2) is 18.2 Å². The third-order valence-electron chi connectivity index (χ3n) is 4.92. The molecule has 0 amide bonds. The molecule has 1 aliphatic rings. The van der Waals surface area contributed by atoms with Gasteiger partial charge in [0.2, 0.25) is 0 Å². The zero-order valence-corrected chi connectivity index (χ0v) is 15.7. The summed E-state index contributed by atoms with van der Waals surface area (Å²) in [5.41, 5.74) is 2.55. The molecule has 5 nitrogen and oxygen atoms in total. The molecule has 0 spiro atoms. The van der Waals surface area contributed by atoms with Gasteiger partial charge in [0.15, 0.2) is 5.78 Å². The minimum Gasteiger partial charge on any atom is -0.291 e. The molecule has 27 heavy (non-hydrogen) atoms. The number of ketones is 1. The Labute approximate surface area is 157 Å². The summed E-state index contributed by atoms with van der Waals surface area (Å²) in [7, 11) is -3.97. The van der Waals surface area contributed by atoms with Crippen LogP contribution in [0.15, 0.2) is 53.4 Å². The third kappa shape index (κ3) is 3.04. The van der Waals surface area contributed by atoms with Gasteiger partial charge in [0.25, 0.3) is 10.0 Å². The number of rotatable bonds is 5. The summed E-state index contributed by atoms with van der Waals surface area (Å²) >= 11 is 0. The lowest BCUT2D eigenvalue weighted by Gasteiger charge is -2.12. The number of carbonyl (C=O) groups is 1. The molecule has 0 bridgehead atoms. The second-order valence-corrected chi connectivity index (χ2v) is 8.75. The van der Waals surface area contributed by atoms with E-state index in [-0.39, 0.29) is 17.0 Å². The molecule has 0 N–H and O–H groups in total. The lowest BCUT2D eigenvalue weighted by molar-refractivity contribution is 0.0992. The summed E-state index contributed by atoms with van der Waals surface area (Å²) < 4.78 is 27.9. The lowest BCUT2D eigenvalue weighted by Crippen LogP contribution is -2.18. The number of aryl methyl sites for hydroxylation is 1. The van der Waals surface area contributed by atoms with Crippen LogP contribution in [0.1, 0.15) is 46.8 Å². The summed E-state index contributed by atoms with van der Waals surface area (Å²) in [6, 6.07) is 15.6. The topological polar surface area (TPSA) is 79.9 Å². The lowest BCUT2D eigenvalue weighted by atomic mass is 10.1. The van der Waals surface area contributed by atoms with Crippen LogP contribution in [0.3, 0.4) is 0 Å². The standard InChI is InChI=1S/C21H18N2O3S/c1-14-2-8-18(9-3-14)27(25,26)23-19-12-16(15-4-5-15)6-7-17(19)13-20(23)21(24)10-11-22/h2-3,6-9,12-13,15H,4-5,10H2,1H3. The average Bonchev–Trinajstić information content (AvgIpc) is 3.41. The molecular weight excluding hydrogens is 360 g/mol. The van der Waals surface area contributed by atoms with Crippen LogP contribution in [0, 0.1) is 18.3 Å². The van der Waals surface area contributed by atoms with Gasteiger partial charge in [0.05, 0.1) is 16.5 Å². The van der Waals surface area contributed by atoms with Crippen LogP contribution >= 0.6 is 0 Å². The van der Waals surface area contributed by atoms with Crippen molar-refractivity contribution in [2.45, 2.75) is 37.0 Å². The van der Waals surface area contributed by atoms with Crippen molar-refractivity contribution >= 4 is 26.7 Å². The van der Waals surface area contributed by atoms with E-state index in [1.807, 2.05) is 31.2 Å². The summed E-state index contributed by atoms with van der Waals surface area (Å²) in [6.07, 6.45) is 1.82. The average molecular weight is 378 g/mol. The van der Waals surface area contributed by atoms with Gasteiger partial charge in [-0.05, 0) is 55.5 Å². The summed E-state index contributed by atoms with van der Waals surface area (Å²) in [6.45, 7) is 1.88. The quantitative estimate of drug-likeness (QED) is 0.624. The number of nitriles is 1. The van der Waals surface area contributed by atoms with Gasteiger partial charge in [-0.15, -0.1) is 0 Å². The van der Waals surface area contributed by atoms with E-state index in [0.717, 1.165) is 27.9 Å². The van der Waals surface area contributed by atoms with Gasteiger partial charge >= 0.3 is 0 Å². The molecule has 0 aliphatic heterocycles. The van der Waals surface area contributed by atoms with Gasteiger partial charge in [-0.25, -0.2) is 12.4 Å². The smallest absolute Gasteiger partial charge is 0.268 e. The highest BCUT2D eigenvalue weighted by Crippen LogP contribution is 2.41. The number of hydrogen-bond donors (Lipinski definition) is 0. The van der Waals surface area contributed by atoms with Crippen LogP contribution < -0.4 is 0 Å². The first-order valence-electron chi connectivity index (χ1n) is 8.79. The fraction of sp³-hybridized carbons (Fsp3) is 0.238. The molecule has 1 fully saturated rings. The van der Waals surface area contributed by atoms with Gasteiger partial charge in [-0.2, -0.15) is 5.26 Å². The fourth-order valence-corrected chi connectivity index (χ4v) is 4.82. The van der Waals surface area contributed by atoms with Gasteiger partial charge in [0.1, 0.15) is 12.1 Å². The Morgan fingerprint density at radius 3 is 2.48 bits per heavy atom. The maximum absolute atomic E-state index is 13.4. The zero-order valence-electron chi connectivity index (χ0n) is 14.8. The second kappa shape index (κ2) is 6.36. The molecule has 0 atom stereocenters. The van der Waals surface area contributed by atoms with E-state index in [1.165, 1.54) is 0 Å². The maximum atomic E-state index is 13.4. The molecule has 1 heterocycles. The van der Waals surface area contributed by atoms with Gasteiger partial charge in [-0.1, -0.05) is 29.8 Å². The molecule has 0 saturated heterocycles. The molecule has 136 valence electrons. The van der Waals surface area contributed by atoms with Crippen molar-refractivity contribution in [2.75, 3.05) is 0 Å². The zero-order chi connectivity index (χ0) is 19.2. The highest BCUT2D eigenvalue weighted by Gasteiger charge is 2.28. The maximum Gasteiger partial charge on any atom is 0.268 e. The van der Waals surface area contributed by atoms with E-state index in [2.05, 4.69) is 0 Å². The molecule has 0 unspecified atom stereocenters. The largest absolute Gasteiger partial charge is 0.291 e. The van der Waals surface area contributed by atoms with E-state index < -0.39 is 15.8 Å². The predicted molar refractivity (Wildman–Crippen MR) is 102 cm³/mol. The molecule has 1 saturated carbocycles. The number of nitrogens with zero attached hydrogens (tertiary/aromatic N) is 2. The van der Waals surface area contributed by atoms with Crippen molar-refractivity contribution in [2.24, 2.45) is 0 Å². The fourth-order valence-electron chi connectivity index (χ4n) is 3.30. The SMILES string of the molecule is Cc1ccc(S(=O)(=O)n2c(C(=O)CC#N)cc3ccc(C4CC4)cc32)cc1. The Kier molecular flexibility index (Phi) is 4.12. The normalized spacial score (nSPS) is 14.2. The first kappa shape index (κ1) is 17.5. The highest BCUT2D eigenvalue weighted by molar-refractivity contribution is 7.90. The van der Waals surface area contributed by atoms with Gasteiger partial charge < -0.3 is 0 Å². The number of hydrogen-bond acceptors (Lipinski definition) is 4. The molecular formula is C21H18N2O3S. The highest BCUT2D eigenvalue weighted by atomic mass is 32.2. The molecule has 1 aromatic heterocycles. The van der Waals surface area contributed by atoms with Gasteiger partial charge in [0, 0.05) is 5.39 Å². The van der Waals surface area contributed by atoms with E-state index >= 15 is 0 Å². The first-order valence-corrected chi connectivity index (χ1v) is 10.2. The number of fused-ring (bicyclic) bond motifs is 1. The van der Waals surface area contributed by atoms with E-state index in [4.69, 9.17) is 5.26 Å². The second-order valence-electron chi connectivity index (χ2n) is 6.96. The number of aromatic nitrogens is 1. The summed E-state index contributed by atoms with van der Waals surface area (Å²) in [5.74, 6) is -0.0459. The first-order chi connectivity index (χ1) is 12.9. The van der Waals surface area contributed by atoms with Crippen LogP contribution in [0.4, 0.5) is 0 Å². The van der Waals surface area contributed by atoms with E-state index in [1.54, 1.807) is 30.3 Å². The Hall–Kier alpha value is -2.91. The van der Waals surface area contributed by atoms with Crippen molar-refractivity contribution in [1.82, 2.24) is 3.97 Å². The molecule has 3 aromatic rings. The van der Waals surface area contributed by atoms with Gasteiger partial charge in [-0.3, -0.25) is 4.79 Å². The molecule has 6 heteroatoms. The third-order valence-corrected chi connectivity index (χ3v) is 6.66. The minimum absolute atomic E-state index is 0.0278. The number of carbonyl (C=O) groups excluding carboxylic acids is 1. The Morgan fingerprint density at radius 2 is 1.85 bits per heavy atom. The monoisotopic (exact) mass is 378 g/mol. The Bertz CT molecular complexity index is 1190. The predicted octanol–water partition coefficient (Wildman–Crippen LogP) is 4.16. The molecule has 2 aromatic carbocycles. The minimum atomic E-state index is -3.97. The van der Waals surface area contributed by atoms with Crippen LogP contribution in [0.5, 0.6) is 0 Å². The van der Waals surface area contributed by atoms with E-state index in [0.29, 0.717) is 16.8 Å². The van der Waals surface area contributed by atoms with Crippen molar-refractivity contribution in [1.29, 1.82) is 5.26 Å². The van der Waals surface area contributed by atoms with Crippen molar-refractivity contribution in [3.8, 4) is 6.07 Å². The number of Topliss-reactive ketones (excluding diaryl/α,β-unsaturated/α-hetero) is 1. The molecule has 0 radical (unpaired) electrons. The van der Waals surface area contributed by atoms with Crippen LogP contribution in [0.25, 0.3) is 10.9 Å². The van der Waals surface area contributed by atoms with Crippen LogP contribution in [0.2, 0.25) is 0 Å². The number of benzene rings is 2. The van der Waals surface area contributed by atoms with Crippen molar-refractivity contribution in [3.63, 3.8) is 0 Å². The molecule has 4 rings (SSSR count). The molecule has 1 aliphatic carbocycles.